The van der Waals surface area contributed by atoms with Crippen molar-refractivity contribution in [2.24, 2.45) is 0 Å². The van der Waals surface area contributed by atoms with Crippen molar-refractivity contribution in [1.29, 1.82) is 0 Å². The van der Waals surface area contributed by atoms with Gasteiger partial charge in [-0.15, -0.1) is 47.0 Å². The van der Waals surface area contributed by atoms with E-state index in [4.69, 9.17) is 45.9 Å². The summed E-state index contributed by atoms with van der Waals surface area (Å²) in [5, 5.41) is 0. The van der Waals surface area contributed by atoms with E-state index in [0.29, 0.717) is 0 Å². The lowest BCUT2D eigenvalue weighted by Crippen LogP contribution is -2.05. The molecule has 0 atom stereocenters. The van der Waals surface area contributed by atoms with E-state index in [2.05, 4.69) is 39.8 Å². The number of hydrogen-bond donors (Lipinski definition) is 8. The van der Waals surface area contributed by atoms with Crippen molar-refractivity contribution in [3.63, 3.8) is 0 Å². The SMILES string of the molecule is C.C.C.C.CCc1cc(C)c(N)c(CC)c1N.CCc1cc(CC)c(N)c(C)c1N.CSc1cc(C)c(N)c(SC)c1N.CSc1cc(SC)c(N)c(C)c1N. The van der Waals surface area contributed by atoms with Gasteiger partial charge in [0.15, 0.2) is 0 Å². The number of hydrogen-bond acceptors (Lipinski definition) is 12. The summed E-state index contributed by atoms with van der Waals surface area (Å²) in [5.41, 5.74) is 63.2. The third kappa shape index (κ3) is 14.6. The molecule has 4 aromatic rings. The van der Waals surface area contributed by atoms with Crippen LogP contribution in [0.25, 0.3) is 0 Å². The summed E-state index contributed by atoms with van der Waals surface area (Å²) in [5.74, 6) is 0. The van der Waals surface area contributed by atoms with Crippen LogP contribution in [0, 0.1) is 27.7 Å². The van der Waals surface area contributed by atoms with Crippen molar-refractivity contribution in [1.82, 2.24) is 0 Å². The van der Waals surface area contributed by atoms with Crippen LogP contribution in [0.3, 0.4) is 0 Å². The van der Waals surface area contributed by atoms with E-state index in [1.807, 2.05) is 64.9 Å². The molecular formula is C44H80N8S4. The summed E-state index contributed by atoms with van der Waals surface area (Å²) < 4.78 is 0. The Balaban J connectivity index is -0.000000314. The molecule has 0 spiro atoms. The molecule has 0 saturated heterocycles. The quantitative estimate of drug-likeness (QED) is 0.0615. The van der Waals surface area contributed by atoms with E-state index in [1.54, 1.807) is 47.0 Å². The minimum atomic E-state index is 0. The van der Waals surface area contributed by atoms with Crippen LogP contribution in [0.2, 0.25) is 0 Å². The van der Waals surface area contributed by atoms with Gasteiger partial charge in [-0.2, -0.15) is 0 Å². The molecule has 8 nitrogen and oxygen atoms in total. The van der Waals surface area contributed by atoms with E-state index in [0.717, 1.165) is 119 Å². The van der Waals surface area contributed by atoms with Gasteiger partial charge < -0.3 is 45.9 Å². The van der Waals surface area contributed by atoms with Crippen LogP contribution >= 0.6 is 47.0 Å². The van der Waals surface area contributed by atoms with Crippen LogP contribution in [0.5, 0.6) is 0 Å². The monoisotopic (exact) mass is 849 g/mol. The van der Waals surface area contributed by atoms with E-state index in [-0.39, 0.29) is 29.7 Å². The van der Waals surface area contributed by atoms with Gasteiger partial charge in [-0.1, -0.05) is 69.5 Å². The zero-order valence-corrected chi connectivity index (χ0v) is 36.7. The van der Waals surface area contributed by atoms with E-state index >= 15 is 0 Å². The maximum absolute atomic E-state index is 5.99. The predicted molar refractivity (Wildman–Crippen MR) is 272 cm³/mol. The topological polar surface area (TPSA) is 208 Å². The third-order valence-corrected chi connectivity index (χ3v) is 12.3. The fourth-order valence-corrected chi connectivity index (χ4v) is 8.23. The second kappa shape index (κ2) is 28.1. The molecule has 56 heavy (non-hydrogen) atoms. The number of aryl methyl sites for hydroxylation is 5. The smallest absolute Gasteiger partial charge is 0.0611 e. The number of nitrogen functional groups attached to an aromatic ring is 8. The highest BCUT2D eigenvalue weighted by Crippen LogP contribution is 2.39. The zero-order valence-electron chi connectivity index (χ0n) is 33.4. The van der Waals surface area contributed by atoms with Crippen molar-refractivity contribution in [3.8, 4) is 0 Å². The molecule has 0 heterocycles. The summed E-state index contributed by atoms with van der Waals surface area (Å²) in [4.78, 5) is 4.33. The molecule has 0 aliphatic carbocycles. The van der Waals surface area contributed by atoms with Crippen LogP contribution in [-0.2, 0) is 25.7 Å². The minimum Gasteiger partial charge on any atom is -0.398 e. The third-order valence-electron chi connectivity index (χ3n) is 9.15. The van der Waals surface area contributed by atoms with Crippen molar-refractivity contribution >= 4 is 92.5 Å². The first-order chi connectivity index (χ1) is 24.5. The van der Waals surface area contributed by atoms with Crippen LogP contribution in [0.1, 0.15) is 102 Å². The highest BCUT2D eigenvalue weighted by Gasteiger charge is 2.12. The van der Waals surface area contributed by atoms with Gasteiger partial charge in [0, 0.05) is 37.4 Å². The van der Waals surface area contributed by atoms with Crippen molar-refractivity contribution < 1.29 is 0 Å². The fraction of sp³-hybridized carbons (Fsp3) is 0.455. The molecule has 0 amide bonds. The average molecular weight is 849 g/mol. The Labute approximate surface area is 360 Å². The van der Waals surface area contributed by atoms with Gasteiger partial charge in [-0.25, -0.2) is 0 Å². The Hall–Kier alpha value is -3.32. The Morgan fingerprint density at radius 2 is 0.732 bits per heavy atom. The summed E-state index contributed by atoms with van der Waals surface area (Å²) in [6.07, 6.45) is 11.9. The molecule has 0 bridgehead atoms. The first-order valence-electron chi connectivity index (χ1n) is 17.3. The summed E-state index contributed by atoms with van der Waals surface area (Å²) in [7, 11) is 0. The molecule has 320 valence electrons. The van der Waals surface area contributed by atoms with Crippen molar-refractivity contribution in [3.05, 3.63) is 68.8 Å². The molecule has 0 fully saturated rings. The summed E-state index contributed by atoms with van der Waals surface area (Å²) in [6.45, 7) is 16.4. The van der Waals surface area contributed by atoms with E-state index in [9.17, 15) is 0 Å². The van der Waals surface area contributed by atoms with Gasteiger partial charge in [-0.3, -0.25) is 0 Å². The normalized spacial score (nSPS) is 9.64. The Morgan fingerprint density at radius 1 is 0.375 bits per heavy atom. The number of anilines is 8. The molecule has 16 N–H and O–H groups in total. The van der Waals surface area contributed by atoms with Gasteiger partial charge in [0.25, 0.3) is 0 Å². The first kappa shape index (κ1) is 59.4. The highest BCUT2D eigenvalue weighted by atomic mass is 32.2. The van der Waals surface area contributed by atoms with Gasteiger partial charge in [-0.05, 0) is 135 Å². The molecule has 0 aromatic heterocycles. The van der Waals surface area contributed by atoms with Gasteiger partial charge >= 0.3 is 0 Å². The molecule has 4 aromatic carbocycles. The lowest BCUT2D eigenvalue weighted by molar-refractivity contribution is 1.08. The number of thioether (sulfide) groups is 4. The van der Waals surface area contributed by atoms with Crippen LogP contribution in [-0.4, -0.2) is 25.0 Å². The minimum absolute atomic E-state index is 0. The van der Waals surface area contributed by atoms with Gasteiger partial charge in [0.2, 0.25) is 0 Å². The predicted octanol–water partition coefficient (Wildman–Crippen LogP) is 12.3. The van der Waals surface area contributed by atoms with Crippen LogP contribution in [0.4, 0.5) is 45.5 Å². The molecule has 4 rings (SSSR count). The number of benzene rings is 4. The lowest BCUT2D eigenvalue weighted by atomic mass is 9.98. The maximum Gasteiger partial charge on any atom is 0.0611 e. The number of nitrogens with two attached hydrogens (primary N) is 8. The van der Waals surface area contributed by atoms with Gasteiger partial charge in [0.1, 0.15) is 0 Å². The average Bonchev–Trinajstić information content (AvgIpc) is 3.14. The van der Waals surface area contributed by atoms with Crippen molar-refractivity contribution in [2.45, 2.75) is 130 Å². The number of rotatable bonds is 8. The standard InChI is InChI=1S/2C11H18N2.2C9H14N2S2.4CH4/c1-4-8-6-9(5-2)11(13)7(3)10(8)12;1-4-8-6-7(3)10(12)9(5-2)11(8)13;1-5-8(10)6(12-2)4-7(13-3)9(5)11;1-5-4-6(12-2)8(11)9(13-3)7(5)10;;;;/h2*6H,4-5,12-13H2,1-3H3;2*4H,10-11H2,1-3H3;4*1H4. The Bertz CT molecular complexity index is 1620. The summed E-state index contributed by atoms with van der Waals surface area (Å²) >= 11 is 6.56. The molecule has 0 aliphatic rings. The highest BCUT2D eigenvalue weighted by molar-refractivity contribution is 8.00. The molecule has 0 unspecified atom stereocenters. The zero-order chi connectivity index (χ0) is 40.0. The lowest BCUT2D eigenvalue weighted by Gasteiger charge is -2.14. The maximum atomic E-state index is 5.99. The molecular weight excluding hydrogens is 769 g/mol. The molecule has 12 heteroatoms. The summed E-state index contributed by atoms with van der Waals surface area (Å²) in [6, 6.07) is 8.30. The van der Waals surface area contributed by atoms with E-state index < -0.39 is 0 Å². The van der Waals surface area contributed by atoms with Crippen molar-refractivity contribution in [2.75, 3.05) is 70.9 Å². The van der Waals surface area contributed by atoms with Crippen LogP contribution < -0.4 is 45.9 Å². The molecule has 0 saturated carbocycles. The van der Waals surface area contributed by atoms with Gasteiger partial charge in [0.05, 0.1) is 27.6 Å². The fourth-order valence-electron chi connectivity index (χ4n) is 5.55. The second-order valence-electron chi connectivity index (χ2n) is 12.2. The molecule has 0 aliphatic heterocycles. The molecule has 0 radical (unpaired) electrons. The Morgan fingerprint density at radius 3 is 1.09 bits per heavy atom. The largest absolute Gasteiger partial charge is 0.398 e. The second-order valence-corrected chi connectivity index (χ2v) is 15.6. The van der Waals surface area contributed by atoms with Crippen LogP contribution in [0.15, 0.2) is 43.8 Å². The van der Waals surface area contributed by atoms with E-state index in [1.165, 1.54) is 16.7 Å². The first-order valence-corrected chi connectivity index (χ1v) is 22.2. The Kier molecular flexibility index (Phi) is 29.8.